The van der Waals surface area contributed by atoms with Crippen LogP contribution in [0.4, 0.5) is 0 Å². The second kappa shape index (κ2) is 11.8. The molecule has 6 nitrogen and oxygen atoms in total. The third-order valence-corrected chi connectivity index (χ3v) is 7.27. The molecule has 0 spiro atoms. The summed E-state index contributed by atoms with van der Waals surface area (Å²) >= 11 is 5.20. The molecular weight excluding hydrogens is 502 g/mol. The van der Waals surface area contributed by atoms with Crippen LogP contribution in [0, 0.1) is 0 Å². The van der Waals surface area contributed by atoms with Crippen LogP contribution in [-0.2, 0) is 6.42 Å². The monoisotopic (exact) mass is 531 g/mol. The molecule has 1 fully saturated rings. The summed E-state index contributed by atoms with van der Waals surface area (Å²) in [4.78, 5) is 0. The molecule has 0 radical (unpaired) electrons. The number of rotatable bonds is 10. The van der Waals surface area contributed by atoms with E-state index in [1.165, 1.54) is 32.1 Å². The van der Waals surface area contributed by atoms with Crippen molar-refractivity contribution < 1.29 is 14.2 Å². The van der Waals surface area contributed by atoms with Gasteiger partial charge in [0.2, 0.25) is 0 Å². The minimum atomic E-state index is 0.456. The fourth-order valence-corrected chi connectivity index (χ4v) is 5.47. The lowest BCUT2D eigenvalue weighted by Gasteiger charge is -2.25. The van der Waals surface area contributed by atoms with Gasteiger partial charge in [-0.25, -0.2) is 0 Å². The van der Waals surface area contributed by atoms with Crippen molar-refractivity contribution in [1.29, 1.82) is 0 Å². The fourth-order valence-electron chi connectivity index (χ4n) is 4.25. The van der Waals surface area contributed by atoms with Crippen LogP contribution in [0.1, 0.15) is 49.5 Å². The topological polar surface area (TPSA) is 58.4 Å². The number of hydrogen-bond acceptors (Lipinski definition) is 6. The van der Waals surface area contributed by atoms with Gasteiger partial charge in [0.1, 0.15) is 11.6 Å². The molecular formula is C25H30BrN3O3S. The summed E-state index contributed by atoms with van der Waals surface area (Å²) in [6.07, 6.45) is 6.90. The van der Waals surface area contributed by atoms with Crippen molar-refractivity contribution in [2.75, 3.05) is 26.6 Å². The van der Waals surface area contributed by atoms with Gasteiger partial charge >= 0.3 is 0 Å². The van der Waals surface area contributed by atoms with E-state index in [1.54, 1.807) is 26.0 Å². The Morgan fingerprint density at radius 3 is 2.58 bits per heavy atom. The maximum absolute atomic E-state index is 5.91. The van der Waals surface area contributed by atoms with Crippen molar-refractivity contribution >= 4 is 27.7 Å². The number of hydrogen-bond donors (Lipinski definition) is 0. The van der Waals surface area contributed by atoms with Crippen LogP contribution in [0.2, 0.25) is 0 Å². The van der Waals surface area contributed by atoms with Crippen LogP contribution < -0.4 is 14.2 Å². The lowest BCUT2D eigenvalue weighted by Crippen LogP contribution is -2.17. The average molecular weight is 533 g/mol. The number of nitrogens with zero attached hydrogens (tertiary/aromatic N) is 3. The molecule has 2 aromatic carbocycles. The van der Waals surface area contributed by atoms with Gasteiger partial charge in [-0.15, -0.1) is 10.2 Å². The van der Waals surface area contributed by atoms with Crippen LogP contribution in [0.3, 0.4) is 0 Å². The summed E-state index contributed by atoms with van der Waals surface area (Å²) in [5.74, 6) is 4.15. The normalized spacial score (nSPS) is 14.3. The van der Waals surface area contributed by atoms with E-state index in [0.29, 0.717) is 19.1 Å². The molecule has 3 aromatic rings. The van der Waals surface area contributed by atoms with Crippen LogP contribution in [0.5, 0.6) is 17.2 Å². The molecule has 1 aromatic heterocycles. The molecule has 8 heteroatoms. The van der Waals surface area contributed by atoms with E-state index >= 15 is 0 Å². The maximum Gasteiger partial charge on any atom is 0.191 e. The molecule has 1 saturated carbocycles. The summed E-state index contributed by atoms with van der Waals surface area (Å²) in [6, 6.07) is 14.4. The summed E-state index contributed by atoms with van der Waals surface area (Å²) in [5, 5.41) is 10.2. The summed E-state index contributed by atoms with van der Waals surface area (Å²) in [5.41, 5.74) is 1.13. The maximum atomic E-state index is 5.91. The fraction of sp³-hybridized carbons (Fsp3) is 0.440. The van der Waals surface area contributed by atoms with Gasteiger partial charge in [0, 0.05) is 22.7 Å². The molecule has 33 heavy (non-hydrogen) atoms. The minimum absolute atomic E-state index is 0.456. The third-order valence-electron chi connectivity index (χ3n) is 5.86. The van der Waals surface area contributed by atoms with Crippen molar-refractivity contribution in [3.63, 3.8) is 0 Å². The molecule has 0 aliphatic heterocycles. The molecule has 0 amide bonds. The molecule has 1 aliphatic rings. The Bertz CT molecular complexity index is 1050. The van der Waals surface area contributed by atoms with Gasteiger partial charge in [0.15, 0.2) is 16.7 Å². The second-order valence-corrected chi connectivity index (χ2v) is 10.1. The highest BCUT2D eigenvalue weighted by Gasteiger charge is 2.23. The summed E-state index contributed by atoms with van der Waals surface area (Å²) in [6.45, 7) is 0.615. The predicted molar refractivity (Wildman–Crippen MR) is 135 cm³/mol. The van der Waals surface area contributed by atoms with E-state index < -0.39 is 0 Å². The van der Waals surface area contributed by atoms with Gasteiger partial charge in [-0.05, 0) is 48.7 Å². The van der Waals surface area contributed by atoms with Crippen molar-refractivity contribution in [1.82, 2.24) is 14.8 Å². The van der Waals surface area contributed by atoms with Crippen LogP contribution in [0.25, 0.3) is 0 Å². The third kappa shape index (κ3) is 6.23. The number of aromatic nitrogens is 3. The van der Waals surface area contributed by atoms with Gasteiger partial charge in [-0.3, -0.25) is 0 Å². The number of halogens is 1. The first-order valence-corrected chi connectivity index (χ1v) is 13.1. The summed E-state index contributed by atoms with van der Waals surface area (Å²) < 4.78 is 20.2. The molecule has 1 heterocycles. The zero-order chi connectivity index (χ0) is 23.0. The van der Waals surface area contributed by atoms with Crippen LogP contribution >= 0.6 is 27.7 Å². The van der Waals surface area contributed by atoms with E-state index in [-0.39, 0.29) is 0 Å². The van der Waals surface area contributed by atoms with E-state index in [0.717, 1.165) is 44.0 Å². The van der Waals surface area contributed by atoms with Crippen LogP contribution in [-0.4, -0.2) is 41.3 Å². The molecule has 0 bridgehead atoms. The van der Waals surface area contributed by atoms with Crippen molar-refractivity contribution in [2.24, 2.45) is 0 Å². The molecule has 0 saturated heterocycles. The van der Waals surface area contributed by atoms with Crippen molar-refractivity contribution in [2.45, 2.75) is 49.7 Å². The predicted octanol–water partition coefficient (Wildman–Crippen LogP) is 6.32. The molecule has 176 valence electrons. The second-order valence-electron chi connectivity index (χ2n) is 8.08. The number of methoxy groups -OCH3 is 2. The minimum Gasteiger partial charge on any atom is -0.493 e. The van der Waals surface area contributed by atoms with Gasteiger partial charge in [0.05, 0.1) is 20.8 Å². The molecule has 0 unspecified atom stereocenters. The molecule has 1 aliphatic carbocycles. The Morgan fingerprint density at radius 2 is 1.82 bits per heavy atom. The van der Waals surface area contributed by atoms with Gasteiger partial charge in [-0.2, -0.15) is 0 Å². The Kier molecular flexibility index (Phi) is 8.56. The Labute approximate surface area is 208 Å². The first-order valence-electron chi connectivity index (χ1n) is 11.3. The van der Waals surface area contributed by atoms with E-state index in [9.17, 15) is 0 Å². The zero-order valence-electron chi connectivity index (χ0n) is 19.1. The van der Waals surface area contributed by atoms with E-state index in [1.807, 2.05) is 36.4 Å². The Balaban J connectivity index is 1.48. The lowest BCUT2D eigenvalue weighted by molar-refractivity contribution is 0.329. The van der Waals surface area contributed by atoms with Crippen molar-refractivity contribution in [3.05, 3.63) is 58.3 Å². The van der Waals surface area contributed by atoms with Crippen LogP contribution in [0.15, 0.2) is 52.1 Å². The van der Waals surface area contributed by atoms with E-state index in [2.05, 4.69) is 36.8 Å². The largest absolute Gasteiger partial charge is 0.493 e. The quantitative estimate of drug-likeness (QED) is 0.225. The average Bonchev–Trinajstić information content (AvgIpc) is 3.24. The lowest BCUT2D eigenvalue weighted by atomic mass is 9.95. The van der Waals surface area contributed by atoms with Gasteiger partial charge < -0.3 is 18.8 Å². The number of ether oxygens (including phenoxy) is 3. The number of thioether (sulfide) groups is 1. The first-order chi connectivity index (χ1) is 16.2. The van der Waals surface area contributed by atoms with Crippen molar-refractivity contribution in [3.8, 4) is 17.2 Å². The Hall–Kier alpha value is -2.19. The summed E-state index contributed by atoms with van der Waals surface area (Å²) in [7, 11) is 3.32. The molecule has 4 rings (SSSR count). The smallest absolute Gasteiger partial charge is 0.191 e. The first kappa shape index (κ1) is 24.0. The SMILES string of the molecule is COc1ccc(Cc2nnc(SCCOc3cccc(Br)c3)n2C2CCCCC2)cc1OC. The van der Waals surface area contributed by atoms with E-state index in [4.69, 9.17) is 14.2 Å². The highest BCUT2D eigenvalue weighted by atomic mass is 79.9. The molecule has 0 atom stereocenters. The molecule has 0 N–H and O–H groups in total. The van der Waals surface area contributed by atoms with Gasteiger partial charge in [-0.1, -0.05) is 59.1 Å². The zero-order valence-corrected chi connectivity index (χ0v) is 21.5. The number of benzene rings is 2. The highest BCUT2D eigenvalue weighted by Crippen LogP contribution is 2.34. The Morgan fingerprint density at radius 1 is 1.00 bits per heavy atom. The highest BCUT2D eigenvalue weighted by molar-refractivity contribution is 9.10. The standard InChI is InChI=1S/C25H30BrN3O3S/c1-30-22-12-11-18(15-23(22)31-2)16-24-27-28-25(29(24)20-8-4-3-5-9-20)33-14-13-32-21-10-6-7-19(26)17-21/h6-7,10-12,15,17,20H,3-5,8-9,13-14,16H2,1-2H3. The van der Waals surface area contributed by atoms with Gasteiger partial charge in [0.25, 0.3) is 0 Å².